The van der Waals surface area contributed by atoms with E-state index in [9.17, 15) is 9.90 Å². The molecule has 1 saturated carbocycles. The minimum absolute atomic E-state index is 0.0656. The molecule has 4 aliphatic rings. The lowest BCUT2D eigenvalue weighted by molar-refractivity contribution is -0.185. The Morgan fingerprint density at radius 1 is 1.57 bits per heavy atom. The molecule has 1 unspecified atom stereocenters. The van der Waals surface area contributed by atoms with E-state index in [0.717, 1.165) is 4.90 Å². The molecule has 5 heteroatoms. The first-order valence-corrected chi connectivity index (χ1v) is 7.51. The van der Waals surface area contributed by atoms with E-state index in [4.69, 9.17) is 23.2 Å². The third-order valence-electron chi connectivity index (χ3n) is 5.91. The first-order chi connectivity index (χ1) is 15.0. The number of hydrogen-bond acceptors (Lipinski definition) is 5. The topological polar surface area (TPSA) is 59.0 Å². The maximum absolute atomic E-state index is 13.2. The minimum Gasteiger partial charge on any atom is -0.493 e. The van der Waals surface area contributed by atoms with Crippen LogP contribution in [0, 0.1) is 0 Å². The highest BCUT2D eigenvalue weighted by Gasteiger charge is 2.72. The lowest BCUT2D eigenvalue weighted by Crippen LogP contribution is -2.76. The van der Waals surface area contributed by atoms with Crippen molar-refractivity contribution in [3.63, 3.8) is 0 Å². The summed E-state index contributed by atoms with van der Waals surface area (Å²) in [6, 6.07) is -2.18. The van der Waals surface area contributed by atoms with E-state index in [1.165, 1.54) is 0 Å². The van der Waals surface area contributed by atoms with E-state index in [0.29, 0.717) is 0 Å². The number of hydrogen-bond donors (Lipinski definition) is 1. The van der Waals surface area contributed by atoms with Crippen molar-refractivity contribution in [3.8, 4) is 11.5 Å². The molecule has 4 atom stereocenters. The maximum Gasteiger partial charge on any atom is 0.174 e. The first kappa shape index (κ1) is 7.11. The van der Waals surface area contributed by atoms with Gasteiger partial charge in [0.05, 0.1) is 24.9 Å². The number of methoxy groups -OCH3 is 1. The molecule has 23 heavy (non-hydrogen) atoms. The molecule has 2 heterocycles. The second-order valence-electron chi connectivity index (χ2n) is 6.64. The zero-order valence-electron chi connectivity index (χ0n) is 22.1. The molecule has 1 aromatic carbocycles. The van der Waals surface area contributed by atoms with Crippen LogP contribution in [0.5, 0.6) is 11.5 Å². The Bertz CT molecular complexity index is 1090. The van der Waals surface area contributed by atoms with Crippen molar-refractivity contribution < 1.29 is 33.1 Å². The number of likely N-dealkylation sites (N-methyl/N-ethyl adjacent to an activating group) is 1. The van der Waals surface area contributed by atoms with Crippen molar-refractivity contribution in [2.45, 2.75) is 48.8 Å². The fourth-order valence-corrected chi connectivity index (χ4v) is 4.92. The smallest absolute Gasteiger partial charge is 0.174 e. The van der Waals surface area contributed by atoms with Gasteiger partial charge in [0.25, 0.3) is 0 Å². The van der Waals surface area contributed by atoms with E-state index in [2.05, 4.69) is 0 Å². The van der Waals surface area contributed by atoms with Crippen LogP contribution in [0.15, 0.2) is 12.1 Å². The molecule has 1 N–H and O–H groups in total. The van der Waals surface area contributed by atoms with Gasteiger partial charge >= 0.3 is 0 Å². The molecule has 122 valence electrons. The summed E-state index contributed by atoms with van der Waals surface area (Å²) >= 11 is 0. The van der Waals surface area contributed by atoms with Crippen molar-refractivity contribution in [2.24, 2.45) is 0 Å². The zero-order chi connectivity index (χ0) is 24.5. The molecular weight excluding hydrogens is 294 g/mol. The zero-order valence-corrected chi connectivity index (χ0v) is 12.1. The van der Waals surface area contributed by atoms with Crippen LogP contribution in [-0.2, 0) is 16.6 Å². The van der Waals surface area contributed by atoms with Gasteiger partial charge in [-0.05, 0) is 44.4 Å². The third kappa shape index (κ3) is 1.32. The van der Waals surface area contributed by atoms with Gasteiger partial charge < -0.3 is 19.5 Å². The van der Waals surface area contributed by atoms with Gasteiger partial charge in [-0.3, -0.25) is 4.79 Å². The van der Waals surface area contributed by atoms with Crippen molar-refractivity contribution in [1.82, 2.24) is 4.90 Å². The van der Waals surface area contributed by atoms with E-state index >= 15 is 0 Å². The Morgan fingerprint density at radius 2 is 2.48 bits per heavy atom. The molecule has 1 aromatic rings. The second kappa shape index (κ2) is 4.08. The van der Waals surface area contributed by atoms with Crippen LogP contribution in [0.2, 0.25) is 0 Å². The number of rotatable bonds is 1. The van der Waals surface area contributed by atoms with Crippen molar-refractivity contribution in [2.75, 3.05) is 20.6 Å². The van der Waals surface area contributed by atoms with Crippen molar-refractivity contribution in [3.05, 3.63) is 23.2 Å². The van der Waals surface area contributed by atoms with Crippen LogP contribution in [0.4, 0.5) is 0 Å². The molecule has 2 fully saturated rings. The van der Waals surface area contributed by atoms with Gasteiger partial charge in [-0.2, -0.15) is 0 Å². The standard InChI is InChI=1S/C18H21NO4/c1-19-8-7-17-14-10-3-4-12(22-2)15(14)23-16(17)11(20)5-6-18(17,21)13(19)9-10/h3-4,13,16,21H,5-9H2,1-2H3/t13-,16?,17+,18-/m1/s1/i1D3,2D3,3D,4D,5D2. The van der Waals surface area contributed by atoms with Gasteiger partial charge in [-0.25, -0.2) is 0 Å². The predicted octanol–water partition coefficient (Wildman–Crippen LogP) is 1.05. The summed E-state index contributed by atoms with van der Waals surface area (Å²) in [6.07, 6.45) is -5.12. The van der Waals surface area contributed by atoms with Crippen LogP contribution in [-0.4, -0.2) is 54.1 Å². The average Bonchev–Trinajstić information content (AvgIpc) is 2.96. The van der Waals surface area contributed by atoms with E-state index < -0.39 is 73.6 Å². The number of ketones is 1. The highest BCUT2D eigenvalue weighted by Crippen LogP contribution is 2.64. The third-order valence-corrected chi connectivity index (χ3v) is 5.91. The van der Waals surface area contributed by atoms with Crippen LogP contribution in [0.25, 0.3) is 0 Å². The maximum atomic E-state index is 13.2. The van der Waals surface area contributed by atoms with Gasteiger partial charge in [0.15, 0.2) is 23.4 Å². The molecule has 2 aliphatic heterocycles. The summed E-state index contributed by atoms with van der Waals surface area (Å²) in [5, 5.41) is 12.1. The van der Waals surface area contributed by atoms with Crippen molar-refractivity contribution in [1.29, 1.82) is 0 Å². The summed E-state index contributed by atoms with van der Waals surface area (Å²) in [5.74, 6) is -1.80. The molecular formula is C18H21NO4. The quantitative estimate of drug-likeness (QED) is 0.836. The SMILES string of the molecule is [2H]c1c([2H])c(OC([2H])([2H])[2H])c2c3c1C[C@H]1N(C([2H])([2H])[2H])CC[C@@]34C(O2)C(=O)C([2H])([2H])C[C@@]14O. The highest BCUT2D eigenvalue weighted by atomic mass is 16.5. The van der Waals surface area contributed by atoms with Crippen LogP contribution < -0.4 is 9.47 Å². The molecule has 2 aliphatic carbocycles. The summed E-state index contributed by atoms with van der Waals surface area (Å²) < 4.78 is 90.4. The Morgan fingerprint density at radius 3 is 3.30 bits per heavy atom. The Labute approximate surface area is 149 Å². The second-order valence-corrected chi connectivity index (χ2v) is 6.64. The van der Waals surface area contributed by atoms with Gasteiger partial charge in [-0.1, -0.05) is 6.04 Å². The van der Waals surface area contributed by atoms with Crippen LogP contribution in [0.3, 0.4) is 0 Å². The van der Waals surface area contributed by atoms with Crippen molar-refractivity contribution >= 4 is 5.78 Å². The molecule has 5 nitrogen and oxygen atoms in total. The normalized spacial score (nSPS) is 50.2. The number of likely N-dealkylation sites (tertiary alicyclic amines) is 1. The van der Waals surface area contributed by atoms with E-state index in [1.807, 2.05) is 0 Å². The van der Waals surface area contributed by atoms with E-state index in [-0.39, 0.29) is 36.3 Å². The summed E-state index contributed by atoms with van der Waals surface area (Å²) in [6.45, 7) is -2.70. The Balaban J connectivity index is 1.85. The van der Waals surface area contributed by atoms with Crippen LogP contribution >= 0.6 is 0 Å². The molecule has 0 radical (unpaired) electrons. The first-order valence-electron chi connectivity index (χ1n) is 12.5. The lowest BCUT2D eigenvalue weighted by atomic mass is 9.49. The fourth-order valence-electron chi connectivity index (χ4n) is 4.92. The van der Waals surface area contributed by atoms with E-state index in [1.54, 1.807) is 0 Å². The molecule has 1 saturated heterocycles. The van der Waals surface area contributed by atoms with Gasteiger partial charge in [0.2, 0.25) is 0 Å². The molecule has 0 amide bonds. The Hall–Kier alpha value is -1.59. The number of carbonyl (C=O) groups is 1. The summed E-state index contributed by atoms with van der Waals surface area (Å²) in [7, 11) is -3.00. The number of piperidine rings is 1. The molecule has 2 bridgehead atoms. The van der Waals surface area contributed by atoms with Gasteiger partial charge in [0, 0.05) is 24.8 Å². The average molecular weight is 325 g/mol. The monoisotopic (exact) mass is 325 g/mol. The molecule has 1 spiro atoms. The largest absolute Gasteiger partial charge is 0.493 e. The number of ether oxygens (including phenoxy) is 2. The predicted molar refractivity (Wildman–Crippen MR) is 83.0 cm³/mol. The Kier molecular flexibility index (Phi) is 1.26. The molecule has 0 aromatic heterocycles. The number of carbonyl (C=O) groups excluding carboxylic acids is 1. The van der Waals surface area contributed by atoms with Gasteiger partial charge in [-0.15, -0.1) is 0 Å². The number of Topliss-reactive ketones (excluding diaryl/α,β-unsaturated/α-hetero) is 1. The molecule has 5 rings (SSSR count). The summed E-state index contributed by atoms with van der Waals surface area (Å²) in [4.78, 5) is 14.3. The summed E-state index contributed by atoms with van der Waals surface area (Å²) in [5.41, 5.74) is -3.33. The fraction of sp³-hybridized carbons (Fsp3) is 0.611. The van der Waals surface area contributed by atoms with Crippen LogP contribution in [0.1, 0.15) is 44.0 Å². The number of aliphatic hydroxyl groups is 1. The minimum atomic E-state index is -3.00. The van der Waals surface area contributed by atoms with Gasteiger partial charge in [0.1, 0.15) is 0 Å². The number of nitrogens with zero attached hydrogens (tertiary/aromatic N) is 1. The lowest BCUT2D eigenvalue weighted by Gasteiger charge is -2.62. The highest BCUT2D eigenvalue weighted by molar-refractivity contribution is 5.90. The number of benzene rings is 1.